The number of ketones is 1. The average molecular weight is 413 g/mol. The first kappa shape index (κ1) is 19.3. The maximum absolute atomic E-state index is 12.6. The van der Waals surface area contributed by atoms with Crippen molar-refractivity contribution in [3.8, 4) is 0 Å². The maximum atomic E-state index is 12.6. The summed E-state index contributed by atoms with van der Waals surface area (Å²) in [5, 5.41) is 1.96. The first-order valence-corrected chi connectivity index (χ1v) is 11.8. The van der Waals surface area contributed by atoms with Crippen LogP contribution in [0, 0.1) is 5.41 Å². The number of carbonyl (C=O) groups is 2. The van der Waals surface area contributed by atoms with Crippen molar-refractivity contribution in [2.45, 2.75) is 37.3 Å². The van der Waals surface area contributed by atoms with Gasteiger partial charge >= 0.3 is 5.97 Å². The summed E-state index contributed by atoms with van der Waals surface area (Å²) in [7, 11) is -3.59. The van der Waals surface area contributed by atoms with Crippen molar-refractivity contribution in [1.82, 2.24) is 0 Å². The summed E-state index contributed by atoms with van der Waals surface area (Å²) in [6.07, 6.45) is 2.43. The van der Waals surface area contributed by atoms with Gasteiger partial charge in [0.2, 0.25) is 0 Å². The normalized spacial score (nSPS) is 16.3. The van der Waals surface area contributed by atoms with Gasteiger partial charge in [-0.3, -0.25) is 4.79 Å². The Kier molecular flexibility index (Phi) is 5.11. The molecule has 3 rings (SSSR count). The number of thiophene rings is 2. The zero-order valence-electron chi connectivity index (χ0n) is 14.8. The molecular formula is C18H20O5S3. The van der Waals surface area contributed by atoms with Crippen LogP contribution in [0.4, 0.5) is 0 Å². The number of carbonyl (C=O) groups excluding carboxylic acids is 2. The fraction of sp³-hybridized carbons (Fsp3) is 0.444. The number of esters is 1. The molecule has 0 spiro atoms. The third-order valence-corrected chi connectivity index (χ3v) is 8.21. The Morgan fingerprint density at radius 2 is 2.04 bits per heavy atom. The van der Waals surface area contributed by atoms with Gasteiger partial charge in [-0.15, -0.1) is 22.7 Å². The van der Waals surface area contributed by atoms with Gasteiger partial charge in [0.25, 0.3) is 0 Å². The largest absolute Gasteiger partial charge is 0.461 e. The van der Waals surface area contributed by atoms with E-state index in [1.54, 1.807) is 11.3 Å². The minimum atomic E-state index is -3.59. The van der Waals surface area contributed by atoms with Gasteiger partial charge in [0, 0.05) is 24.0 Å². The fourth-order valence-electron chi connectivity index (χ4n) is 3.15. The molecule has 26 heavy (non-hydrogen) atoms. The second-order valence-electron chi connectivity index (χ2n) is 7.25. The van der Waals surface area contributed by atoms with E-state index in [9.17, 15) is 18.0 Å². The number of fused-ring (bicyclic) bond motifs is 1. The van der Waals surface area contributed by atoms with Gasteiger partial charge in [-0.2, -0.15) is 0 Å². The summed E-state index contributed by atoms with van der Waals surface area (Å²) in [6, 6.07) is 3.90. The Bertz CT molecular complexity index is 949. The molecule has 0 aliphatic heterocycles. The van der Waals surface area contributed by atoms with Crippen molar-refractivity contribution in [2.24, 2.45) is 5.41 Å². The molecule has 0 bridgehead atoms. The molecule has 0 saturated carbocycles. The topological polar surface area (TPSA) is 77.5 Å². The molecule has 140 valence electrons. The highest BCUT2D eigenvalue weighted by Gasteiger charge is 2.39. The van der Waals surface area contributed by atoms with E-state index in [2.05, 4.69) is 0 Å². The molecule has 0 unspecified atom stereocenters. The number of ether oxygens (including phenoxy) is 1. The van der Waals surface area contributed by atoms with E-state index < -0.39 is 15.8 Å². The van der Waals surface area contributed by atoms with Gasteiger partial charge in [0.15, 0.2) is 15.6 Å². The van der Waals surface area contributed by atoms with Crippen molar-refractivity contribution in [2.75, 3.05) is 12.9 Å². The van der Waals surface area contributed by atoms with Crippen LogP contribution in [0.1, 0.15) is 50.7 Å². The van der Waals surface area contributed by atoms with Crippen LogP contribution in [0.3, 0.4) is 0 Å². The number of hydrogen-bond acceptors (Lipinski definition) is 7. The van der Waals surface area contributed by atoms with Crippen LogP contribution in [0.25, 0.3) is 0 Å². The Morgan fingerprint density at radius 1 is 1.31 bits per heavy atom. The monoisotopic (exact) mass is 412 g/mol. The predicted molar refractivity (Wildman–Crippen MR) is 102 cm³/mol. The molecule has 0 N–H and O–H groups in total. The lowest BCUT2D eigenvalue weighted by atomic mass is 9.74. The van der Waals surface area contributed by atoms with E-state index in [0.29, 0.717) is 18.4 Å². The average Bonchev–Trinajstić information content (AvgIpc) is 3.12. The van der Waals surface area contributed by atoms with E-state index in [4.69, 9.17) is 4.74 Å². The summed E-state index contributed by atoms with van der Waals surface area (Å²) >= 11 is 2.45. The lowest BCUT2D eigenvalue weighted by Gasteiger charge is -2.29. The number of rotatable bonds is 5. The third-order valence-electron chi connectivity index (χ3n) is 4.23. The fourth-order valence-corrected chi connectivity index (χ4v) is 6.27. The molecule has 8 heteroatoms. The predicted octanol–water partition coefficient (Wildman–Crippen LogP) is 3.77. The molecule has 0 radical (unpaired) electrons. The SMILES string of the molecule is CC1(C)CC(=O)c2c(S(C)(=O)=O)sc(C(=O)OCCc3cccs3)c2C1. The van der Waals surface area contributed by atoms with Crippen LogP contribution in [-0.4, -0.2) is 33.0 Å². The second-order valence-corrected chi connectivity index (χ2v) is 11.5. The summed E-state index contributed by atoms with van der Waals surface area (Å²) in [6.45, 7) is 4.10. The highest BCUT2D eigenvalue weighted by molar-refractivity contribution is 7.92. The quantitative estimate of drug-likeness (QED) is 0.699. The molecule has 1 aliphatic carbocycles. The van der Waals surface area contributed by atoms with E-state index in [0.717, 1.165) is 22.5 Å². The summed E-state index contributed by atoms with van der Waals surface area (Å²) < 4.78 is 29.6. The first-order chi connectivity index (χ1) is 12.1. The van der Waals surface area contributed by atoms with Crippen LogP contribution in [0.2, 0.25) is 0 Å². The molecule has 1 aliphatic rings. The molecule has 0 atom stereocenters. The van der Waals surface area contributed by atoms with E-state index in [-0.39, 0.29) is 38.9 Å². The van der Waals surface area contributed by atoms with Gasteiger partial charge in [-0.05, 0) is 28.8 Å². The van der Waals surface area contributed by atoms with Crippen LogP contribution < -0.4 is 0 Å². The molecule has 0 fully saturated rings. The molecule has 2 heterocycles. The van der Waals surface area contributed by atoms with Crippen LogP contribution in [0.15, 0.2) is 21.7 Å². The summed E-state index contributed by atoms with van der Waals surface area (Å²) in [4.78, 5) is 26.5. The van der Waals surface area contributed by atoms with Crippen molar-refractivity contribution >= 4 is 44.3 Å². The number of sulfone groups is 1. The molecular weight excluding hydrogens is 392 g/mol. The van der Waals surface area contributed by atoms with Gasteiger partial charge < -0.3 is 4.74 Å². The lowest BCUT2D eigenvalue weighted by Crippen LogP contribution is -2.28. The van der Waals surface area contributed by atoms with Crippen LogP contribution >= 0.6 is 22.7 Å². The number of Topliss-reactive ketones (excluding diaryl/α,β-unsaturated/α-hetero) is 1. The molecule has 0 aromatic carbocycles. The van der Waals surface area contributed by atoms with Gasteiger partial charge in [-0.25, -0.2) is 13.2 Å². The highest BCUT2D eigenvalue weighted by Crippen LogP contribution is 2.43. The highest BCUT2D eigenvalue weighted by atomic mass is 32.2. The zero-order valence-corrected chi connectivity index (χ0v) is 17.3. The second kappa shape index (κ2) is 6.90. The molecule has 0 amide bonds. The summed E-state index contributed by atoms with van der Waals surface area (Å²) in [5.74, 6) is -0.770. The van der Waals surface area contributed by atoms with E-state index in [1.165, 1.54) is 0 Å². The minimum Gasteiger partial charge on any atom is -0.461 e. The standard InChI is InChI=1S/C18H20O5S3/c1-18(2)9-12-14(13(19)10-18)17(26(3,21)22)25-15(12)16(20)23-7-6-11-5-4-8-24-11/h4-5,8H,6-7,9-10H2,1-3H3. The van der Waals surface area contributed by atoms with E-state index in [1.807, 2.05) is 31.4 Å². The van der Waals surface area contributed by atoms with Crippen LogP contribution in [0.5, 0.6) is 0 Å². The Balaban J connectivity index is 1.91. The summed E-state index contributed by atoms with van der Waals surface area (Å²) in [5.41, 5.74) is 0.409. The minimum absolute atomic E-state index is 0.0155. The molecule has 0 saturated heterocycles. The van der Waals surface area contributed by atoms with Crippen molar-refractivity contribution in [3.63, 3.8) is 0 Å². The Labute approximate surface area is 160 Å². The van der Waals surface area contributed by atoms with Gasteiger partial charge in [-0.1, -0.05) is 19.9 Å². The lowest BCUT2D eigenvalue weighted by molar-refractivity contribution is 0.0514. The van der Waals surface area contributed by atoms with Crippen molar-refractivity contribution < 1.29 is 22.7 Å². The smallest absolute Gasteiger partial charge is 0.348 e. The van der Waals surface area contributed by atoms with Crippen LogP contribution in [-0.2, 0) is 27.4 Å². The third kappa shape index (κ3) is 3.92. The first-order valence-electron chi connectivity index (χ1n) is 8.17. The van der Waals surface area contributed by atoms with Gasteiger partial charge in [0.1, 0.15) is 9.09 Å². The maximum Gasteiger partial charge on any atom is 0.348 e. The van der Waals surface area contributed by atoms with E-state index >= 15 is 0 Å². The number of hydrogen-bond donors (Lipinski definition) is 0. The van der Waals surface area contributed by atoms with Crippen molar-refractivity contribution in [3.05, 3.63) is 38.4 Å². The van der Waals surface area contributed by atoms with Crippen molar-refractivity contribution in [1.29, 1.82) is 0 Å². The Hall–Kier alpha value is -1.51. The molecule has 5 nitrogen and oxygen atoms in total. The molecule has 2 aromatic rings. The Morgan fingerprint density at radius 3 is 2.65 bits per heavy atom. The zero-order chi connectivity index (χ0) is 19.1. The van der Waals surface area contributed by atoms with Gasteiger partial charge in [0.05, 0.1) is 12.2 Å². The molecule has 2 aromatic heterocycles.